The predicted octanol–water partition coefficient (Wildman–Crippen LogP) is 5.42. The van der Waals surface area contributed by atoms with Crippen LogP contribution in [0.25, 0.3) is 6.08 Å². The Balaban J connectivity index is 1.79. The number of amides is 2. The molecule has 1 fully saturated rings. The van der Waals surface area contributed by atoms with Crippen LogP contribution in [0.5, 0.6) is 0 Å². The summed E-state index contributed by atoms with van der Waals surface area (Å²) in [6.07, 6.45) is 2.42. The first-order valence-corrected chi connectivity index (χ1v) is 11.6. The van der Waals surface area contributed by atoms with Gasteiger partial charge in [-0.25, -0.2) is 9.29 Å². The first kappa shape index (κ1) is 23.4. The summed E-state index contributed by atoms with van der Waals surface area (Å²) >= 11 is 11.8. The molecule has 0 aliphatic carbocycles. The van der Waals surface area contributed by atoms with Gasteiger partial charge in [0.2, 0.25) is 0 Å². The van der Waals surface area contributed by atoms with Crippen LogP contribution in [0.1, 0.15) is 51.2 Å². The maximum Gasteiger partial charge on any atom is 0.270 e. The van der Waals surface area contributed by atoms with E-state index in [1.807, 2.05) is 12.1 Å². The number of para-hydroxylation sites is 1. The minimum absolute atomic E-state index is 0.0142. The molecule has 0 radical (unpaired) electrons. The van der Waals surface area contributed by atoms with Gasteiger partial charge in [-0.05, 0) is 86.8 Å². The van der Waals surface area contributed by atoms with E-state index in [1.54, 1.807) is 6.07 Å². The lowest BCUT2D eigenvalue weighted by molar-refractivity contribution is -0.122. The Morgan fingerprint density at radius 2 is 1.94 bits per heavy atom. The van der Waals surface area contributed by atoms with Gasteiger partial charge in [-0.2, -0.15) is 0 Å². The summed E-state index contributed by atoms with van der Waals surface area (Å²) in [6, 6.07) is 9.61. The van der Waals surface area contributed by atoms with Crippen molar-refractivity contribution in [3.63, 3.8) is 0 Å². The minimum atomic E-state index is -0.702. The number of halogens is 2. The molecule has 1 N–H and O–H groups in total. The van der Waals surface area contributed by atoms with Crippen LogP contribution in [0.15, 0.2) is 42.0 Å². The van der Waals surface area contributed by atoms with Crippen LogP contribution in [0.3, 0.4) is 0 Å². The molecule has 2 aromatic carbocycles. The molecule has 4 rings (SSSR count). The largest absolute Gasteiger partial charge is 0.366 e. The van der Waals surface area contributed by atoms with Gasteiger partial charge in [0, 0.05) is 22.8 Å². The molecule has 1 unspecified atom stereocenters. The lowest BCUT2D eigenvalue weighted by Crippen LogP contribution is -2.54. The zero-order chi connectivity index (χ0) is 24.1. The number of hydrogen-bond acceptors (Lipinski definition) is 4. The van der Waals surface area contributed by atoms with Crippen molar-refractivity contribution in [2.75, 3.05) is 16.3 Å². The van der Waals surface area contributed by atoms with E-state index in [0.717, 1.165) is 29.1 Å². The molecule has 2 aromatic rings. The molecule has 2 aliphatic heterocycles. The summed E-state index contributed by atoms with van der Waals surface area (Å²) in [4.78, 5) is 29.2. The van der Waals surface area contributed by atoms with Gasteiger partial charge >= 0.3 is 0 Å². The van der Waals surface area contributed by atoms with E-state index >= 15 is 0 Å². The molecule has 2 aliphatic rings. The maximum absolute atomic E-state index is 14.4. The molecule has 2 heterocycles. The molecule has 1 atom stereocenters. The van der Waals surface area contributed by atoms with Crippen LogP contribution < -0.4 is 15.1 Å². The third kappa shape index (κ3) is 4.04. The second-order valence-electron chi connectivity index (χ2n) is 9.00. The molecule has 172 valence electrons. The highest BCUT2D eigenvalue weighted by molar-refractivity contribution is 7.80. The molecule has 0 spiro atoms. The Bertz CT molecular complexity index is 1210. The molecule has 8 heteroatoms. The Morgan fingerprint density at radius 3 is 2.61 bits per heavy atom. The average molecular weight is 486 g/mol. The molecule has 5 nitrogen and oxygen atoms in total. The van der Waals surface area contributed by atoms with Crippen LogP contribution >= 0.6 is 23.8 Å². The van der Waals surface area contributed by atoms with Crippen molar-refractivity contribution in [1.29, 1.82) is 0 Å². The molecular weight excluding hydrogens is 461 g/mol. The standard InChI is InChI=1S/C25H25ClFN3O2S/c1-5-29-21-12-18(26)15(10-16(21)14(2)13-25(29,3)4)11-17-22(31)28-24(33)30(23(17)32)20-9-7-6-8-19(20)27/h6-12,14H,5,13H2,1-4H3,(H,28,31,33)/b17-11-. The van der Waals surface area contributed by atoms with Crippen molar-refractivity contribution < 1.29 is 14.0 Å². The van der Waals surface area contributed by atoms with Gasteiger partial charge in [-0.3, -0.25) is 14.9 Å². The second-order valence-corrected chi connectivity index (χ2v) is 9.80. The van der Waals surface area contributed by atoms with Gasteiger partial charge < -0.3 is 4.90 Å². The Morgan fingerprint density at radius 1 is 1.24 bits per heavy atom. The normalized spacial score (nSPS) is 21.3. The van der Waals surface area contributed by atoms with Crippen molar-refractivity contribution in [1.82, 2.24) is 5.32 Å². The first-order chi connectivity index (χ1) is 15.5. The lowest BCUT2D eigenvalue weighted by Gasteiger charge is -2.47. The van der Waals surface area contributed by atoms with E-state index in [-0.39, 0.29) is 27.8 Å². The summed E-state index contributed by atoms with van der Waals surface area (Å²) in [6.45, 7) is 9.53. The fraction of sp³-hybridized carbons (Fsp3) is 0.320. The fourth-order valence-corrected chi connectivity index (χ4v) is 5.38. The van der Waals surface area contributed by atoms with E-state index in [0.29, 0.717) is 10.6 Å². The van der Waals surface area contributed by atoms with Crippen LogP contribution in [-0.2, 0) is 9.59 Å². The molecule has 0 aromatic heterocycles. The van der Waals surface area contributed by atoms with Crippen molar-refractivity contribution in [3.05, 3.63) is 63.9 Å². The smallest absolute Gasteiger partial charge is 0.270 e. The molecular formula is C25H25ClFN3O2S. The number of benzene rings is 2. The van der Waals surface area contributed by atoms with Gasteiger partial charge in [-0.15, -0.1) is 0 Å². The first-order valence-electron chi connectivity index (χ1n) is 10.8. The van der Waals surface area contributed by atoms with Gasteiger partial charge in [0.15, 0.2) is 5.11 Å². The quantitative estimate of drug-likeness (QED) is 0.358. The van der Waals surface area contributed by atoms with E-state index in [2.05, 4.69) is 37.9 Å². The van der Waals surface area contributed by atoms with Gasteiger partial charge in [0.05, 0.1) is 5.69 Å². The van der Waals surface area contributed by atoms with E-state index in [9.17, 15) is 14.0 Å². The lowest BCUT2D eigenvalue weighted by atomic mass is 9.79. The number of carbonyl (C=O) groups excluding carboxylic acids is 2. The second kappa shape index (κ2) is 8.54. The number of carbonyl (C=O) groups is 2. The highest BCUT2D eigenvalue weighted by atomic mass is 35.5. The zero-order valence-electron chi connectivity index (χ0n) is 18.9. The fourth-order valence-electron chi connectivity index (χ4n) is 4.89. The number of anilines is 2. The van der Waals surface area contributed by atoms with Gasteiger partial charge in [0.25, 0.3) is 11.8 Å². The zero-order valence-corrected chi connectivity index (χ0v) is 20.5. The summed E-state index contributed by atoms with van der Waals surface area (Å²) in [5.74, 6) is -1.69. The monoisotopic (exact) mass is 485 g/mol. The van der Waals surface area contributed by atoms with Crippen LogP contribution in [0, 0.1) is 5.82 Å². The number of hydrogen-bond donors (Lipinski definition) is 1. The number of rotatable bonds is 3. The van der Waals surface area contributed by atoms with E-state index in [1.165, 1.54) is 24.3 Å². The average Bonchev–Trinajstić information content (AvgIpc) is 2.72. The number of nitrogens with one attached hydrogen (secondary N) is 1. The SMILES string of the molecule is CCN1c2cc(Cl)c(/C=C3/C(=O)NC(=S)N(c4ccccc4F)C3=O)cc2C(C)CC1(C)C. The van der Waals surface area contributed by atoms with Crippen molar-refractivity contribution in [3.8, 4) is 0 Å². The Kier molecular flexibility index (Phi) is 6.05. The molecule has 33 heavy (non-hydrogen) atoms. The third-order valence-corrected chi connectivity index (χ3v) is 6.93. The third-order valence-electron chi connectivity index (χ3n) is 6.32. The van der Waals surface area contributed by atoms with E-state index in [4.69, 9.17) is 23.8 Å². The number of nitrogens with zero attached hydrogens (tertiary/aromatic N) is 2. The van der Waals surface area contributed by atoms with E-state index < -0.39 is 17.6 Å². The summed E-state index contributed by atoms with van der Waals surface area (Å²) in [5, 5.41) is 2.74. The van der Waals surface area contributed by atoms with Crippen molar-refractivity contribution >= 4 is 58.2 Å². The molecule has 2 amide bonds. The minimum Gasteiger partial charge on any atom is -0.366 e. The summed E-state index contributed by atoms with van der Waals surface area (Å²) < 4.78 is 14.4. The van der Waals surface area contributed by atoms with Crippen molar-refractivity contribution in [2.24, 2.45) is 0 Å². The Hall–Kier alpha value is -2.77. The topological polar surface area (TPSA) is 52.7 Å². The maximum atomic E-state index is 14.4. The molecule has 0 saturated carbocycles. The Labute approximate surface area is 203 Å². The van der Waals surface area contributed by atoms with Gasteiger partial charge in [0.1, 0.15) is 11.4 Å². The number of fused-ring (bicyclic) bond motifs is 1. The number of thiocarbonyl (C=S) groups is 1. The summed E-state index contributed by atoms with van der Waals surface area (Å²) in [7, 11) is 0. The predicted molar refractivity (Wildman–Crippen MR) is 134 cm³/mol. The van der Waals surface area contributed by atoms with Crippen molar-refractivity contribution in [2.45, 2.75) is 45.6 Å². The summed E-state index contributed by atoms with van der Waals surface area (Å²) in [5.41, 5.74) is 2.52. The van der Waals surface area contributed by atoms with Crippen LogP contribution in [0.4, 0.5) is 15.8 Å². The highest BCUT2D eigenvalue weighted by Crippen LogP contribution is 2.45. The van der Waals surface area contributed by atoms with Gasteiger partial charge in [-0.1, -0.05) is 30.7 Å². The molecule has 0 bridgehead atoms. The van der Waals surface area contributed by atoms with Crippen LogP contribution in [0.2, 0.25) is 5.02 Å². The molecule has 1 saturated heterocycles. The van der Waals surface area contributed by atoms with Crippen LogP contribution in [-0.4, -0.2) is 29.0 Å². The highest BCUT2D eigenvalue weighted by Gasteiger charge is 2.38.